The molecule has 3 aromatic rings. The number of amides is 1. The highest BCUT2D eigenvalue weighted by molar-refractivity contribution is 6.01. The van der Waals surface area contributed by atoms with E-state index in [-0.39, 0.29) is 11.7 Å². The van der Waals surface area contributed by atoms with Crippen LogP contribution in [0.4, 0.5) is 0 Å². The number of phenols is 1. The number of carbonyl (C=O) groups excluding carboxylic acids is 1. The Morgan fingerprint density at radius 1 is 1.12 bits per heavy atom. The lowest BCUT2D eigenvalue weighted by Crippen LogP contribution is -2.20. The third-order valence-electron chi connectivity index (χ3n) is 3.89. The fourth-order valence-electron chi connectivity index (χ4n) is 2.45. The van der Waals surface area contributed by atoms with Crippen LogP contribution in [0.5, 0.6) is 5.75 Å². The Balaban J connectivity index is 1.77. The number of nitrogens with zero attached hydrogens (tertiary/aromatic N) is 2. The number of aromatic nitrogens is 2. The molecule has 0 aliphatic carbocycles. The van der Waals surface area contributed by atoms with Crippen LogP contribution >= 0.6 is 0 Å². The number of H-pyrrole nitrogens is 1. The predicted molar refractivity (Wildman–Crippen MR) is 96.5 cm³/mol. The van der Waals surface area contributed by atoms with Crippen molar-refractivity contribution in [2.24, 2.45) is 5.10 Å². The van der Waals surface area contributed by atoms with Gasteiger partial charge in [0.2, 0.25) is 0 Å². The maximum Gasteiger partial charge on any atom is 0.289 e. The predicted octanol–water partition coefficient (Wildman–Crippen LogP) is 3.24. The number of hydrogen-bond acceptors (Lipinski definition) is 4. The minimum absolute atomic E-state index is 0.183. The molecule has 0 unspecified atom stereocenters. The molecule has 2 aromatic carbocycles. The molecule has 0 fully saturated rings. The van der Waals surface area contributed by atoms with Crippen LogP contribution in [0.3, 0.4) is 0 Å². The van der Waals surface area contributed by atoms with E-state index in [9.17, 15) is 9.90 Å². The zero-order chi connectivity index (χ0) is 17.8. The minimum Gasteiger partial charge on any atom is -0.508 e. The molecule has 6 heteroatoms. The molecule has 0 saturated heterocycles. The maximum absolute atomic E-state index is 12.4. The zero-order valence-electron chi connectivity index (χ0n) is 13.9. The maximum atomic E-state index is 12.4. The van der Waals surface area contributed by atoms with E-state index in [4.69, 9.17) is 0 Å². The van der Waals surface area contributed by atoms with Gasteiger partial charge in [-0.2, -0.15) is 10.2 Å². The van der Waals surface area contributed by atoms with Crippen molar-refractivity contribution in [2.45, 2.75) is 13.8 Å². The summed E-state index contributed by atoms with van der Waals surface area (Å²) < 4.78 is 0. The number of hydrogen-bond donors (Lipinski definition) is 3. The molecule has 6 nitrogen and oxygen atoms in total. The van der Waals surface area contributed by atoms with Gasteiger partial charge < -0.3 is 5.11 Å². The molecule has 0 saturated carbocycles. The number of phenolic OH excluding ortho intramolecular Hbond substituents is 1. The van der Waals surface area contributed by atoms with Gasteiger partial charge in [0.1, 0.15) is 11.4 Å². The number of nitrogens with one attached hydrogen (secondary N) is 2. The van der Waals surface area contributed by atoms with Gasteiger partial charge in [0.25, 0.3) is 5.91 Å². The molecule has 1 aromatic heterocycles. The first-order valence-electron chi connectivity index (χ1n) is 7.80. The lowest BCUT2D eigenvalue weighted by Gasteiger charge is -2.03. The molecule has 1 amide bonds. The summed E-state index contributed by atoms with van der Waals surface area (Å²) in [5, 5.41) is 20.4. The molecule has 126 valence electrons. The minimum atomic E-state index is -0.356. The number of aromatic hydroxyl groups is 1. The van der Waals surface area contributed by atoms with Gasteiger partial charge >= 0.3 is 0 Å². The Labute approximate surface area is 145 Å². The standard InChI is InChI=1S/C19H18N4O2/c1-12-17(15-6-4-3-5-7-15)21-22-18(12)19(25)23-20-13(2)14-8-10-16(24)11-9-14/h3-11,24H,1-2H3,(H,21,22)(H,23,25)/b20-13+. The third-order valence-corrected chi connectivity index (χ3v) is 3.89. The molecule has 0 aliphatic rings. The van der Waals surface area contributed by atoms with Gasteiger partial charge in [-0.3, -0.25) is 9.89 Å². The van der Waals surface area contributed by atoms with Crippen molar-refractivity contribution in [3.05, 3.63) is 71.4 Å². The first kappa shape index (κ1) is 16.4. The molecular formula is C19H18N4O2. The van der Waals surface area contributed by atoms with Crippen LogP contribution in [0.15, 0.2) is 59.7 Å². The second-order valence-corrected chi connectivity index (χ2v) is 5.62. The Morgan fingerprint density at radius 3 is 2.48 bits per heavy atom. The van der Waals surface area contributed by atoms with E-state index >= 15 is 0 Å². The smallest absolute Gasteiger partial charge is 0.289 e. The Kier molecular flexibility index (Phi) is 4.61. The highest BCUT2D eigenvalue weighted by atomic mass is 16.3. The highest BCUT2D eigenvalue weighted by Crippen LogP contribution is 2.22. The normalized spacial score (nSPS) is 11.4. The van der Waals surface area contributed by atoms with Gasteiger partial charge in [0.15, 0.2) is 0 Å². The molecule has 25 heavy (non-hydrogen) atoms. The average Bonchev–Trinajstić information content (AvgIpc) is 3.02. The third kappa shape index (κ3) is 3.58. The van der Waals surface area contributed by atoms with E-state index in [2.05, 4.69) is 20.7 Å². The average molecular weight is 334 g/mol. The van der Waals surface area contributed by atoms with E-state index in [0.29, 0.717) is 11.4 Å². The lowest BCUT2D eigenvalue weighted by molar-refractivity contribution is 0.0949. The molecule has 3 rings (SSSR count). The number of rotatable bonds is 4. The van der Waals surface area contributed by atoms with E-state index in [1.54, 1.807) is 31.2 Å². The van der Waals surface area contributed by atoms with Crippen molar-refractivity contribution in [3.63, 3.8) is 0 Å². The molecule has 0 spiro atoms. The van der Waals surface area contributed by atoms with E-state index < -0.39 is 0 Å². The monoisotopic (exact) mass is 334 g/mol. The number of carbonyl (C=O) groups is 1. The van der Waals surface area contributed by atoms with Crippen LogP contribution in [-0.4, -0.2) is 26.9 Å². The molecule has 0 bridgehead atoms. The summed E-state index contributed by atoms with van der Waals surface area (Å²) in [5.74, 6) is -0.174. The summed E-state index contributed by atoms with van der Waals surface area (Å²) in [6.45, 7) is 3.62. The molecule has 3 N–H and O–H groups in total. The molecule has 0 radical (unpaired) electrons. The number of hydrazone groups is 1. The lowest BCUT2D eigenvalue weighted by atomic mass is 10.1. The topological polar surface area (TPSA) is 90.4 Å². The van der Waals surface area contributed by atoms with Crippen LogP contribution < -0.4 is 5.43 Å². The van der Waals surface area contributed by atoms with E-state index in [0.717, 1.165) is 22.4 Å². The fourth-order valence-corrected chi connectivity index (χ4v) is 2.45. The van der Waals surface area contributed by atoms with Gasteiger partial charge in [0, 0.05) is 11.1 Å². The van der Waals surface area contributed by atoms with Crippen molar-refractivity contribution in [1.29, 1.82) is 0 Å². The summed E-state index contributed by atoms with van der Waals surface area (Å²) in [4.78, 5) is 12.4. The van der Waals surface area contributed by atoms with E-state index in [1.165, 1.54) is 0 Å². The first-order chi connectivity index (χ1) is 12.1. The van der Waals surface area contributed by atoms with Crippen LogP contribution in [0.25, 0.3) is 11.3 Å². The Bertz CT molecular complexity index is 912. The van der Waals surface area contributed by atoms with Crippen LogP contribution in [0.1, 0.15) is 28.5 Å². The zero-order valence-corrected chi connectivity index (χ0v) is 13.9. The van der Waals surface area contributed by atoms with Crippen LogP contribution in [0.2, 0.25) is 0 Å². The summed E-state index contributed by atoms with van der Waals surface area (Å²) in [6.07, 6.45) is 0. The SMILES string of the molecule is C/C(=N\NC(=O)c1[nH]nc(-c2ccccc2)c1C)c1ccc(O)cc1. The number of benzene rings is 2. The Morgan fingerprint density at radius 2 is 1.80 bits per heavy atom. The van der Waals surface area contributed by atoms with Crippen LogP contribution in [0, 0.1) is 6.92 Å². The number of aromatic amines is 1. The van der Waals surface area contributed by atoms with Crippen molar-refractivity contribution in [1.82, 2.24) is 15.6 Å². The second kappa shape index (κ2) is 7.00. The van der Waals surface area contributed by atoms with Crippen LogP contribution in [-0.2, 0) is 0 Å². The fraction of sp³-hybridized carbons (Fsp3) is 0.105. The summed E-state index contributed by atoms with van der Waals surface area (Å²) in [6, 6.07) is 16.3. The van der Waals surface area contributed by atoms with E-state index in [1.807, 2.05) is 37.3 Å². The summed E-state index contributed by atoms with van der Waals surface area (Å²) >= 11 is 0. The molecule has 1 heterocycles. The highest BCUT2D eigenvalue weighted by Gasteiger charge is 2.16. The quantitative estimate of drug-likeness (QED) is 0.505. The summed E-state index contributed by atoms with van der Waals surface area (Å²) in [5.41, 5.74) is 6.80. The van der Waals surface area contributed by atoms with Gasteiger partial charge in [-0.05, 0) is 43.7 Å². The Hall–Kier alpha value is -3.41. The largest absolute Gasteiger partial charge is 0.508 e. The van der Waals surface area contributed by atoms with Crippen molar-refractivity contribution in [2.75, 3.05) is 0 Å². The summed E-state index contributed by atoms with van der Waals surface area (Å²) in [7, 11) is 0. The van der Waals surface area contributed by atoms with Crippen molar-refractivity contribution < 1.29 is 9.90 Å². The molecular weight excluding hydrogens is 316 g/mol. The van der Waals surface area contributed by atoms with Gasteiger partial charge in [-0.15, -0.1) is 0 Å². The molecule has 0 atom stereocenters. The van der Waals surface area contributed by atoms with Crippen molar-refractivity contribution in [3.8, 4) is 17.0 Å². The molecule has 0 aliphatic heterocycles. The van der Waals surface area contributed by atoms with Gasteiger partial charge in [-0.25, -0.2) is 5.43 Å². The first-order valence-corrected chi connectivity index (χ1v) is 7.80. The van der Waals surface area contributed by atoms with Crippen molar-refractivity contribution >= 4 is 11.6 Å². The van der Waals surface area contributed by atoms with Gasteiger partial charge in [0.05, 0.1) is 11.4 Å². The van der Waals surface area contributed by atoms with Gasteiger partial charge in [-0.1, -0.05) is 30.3 Å². The second-order valence-electron chi connectivity index (χ2n) is 5.62.